The highest BCUT2D eigenvalue weighted by atomic mass is 16.6. The number of hydrogen-bond donors (Lipinski definition) is 1. The summed E-state index contributed by atoms with van der Waals surface area (Å²) in [6.07, 6.45) is 2.49. The predicted molar refractivity (Wildman–Crippen MR) is 63.7 cm³/mol. The van der Waals surface area contributed by atoms with Gasteiger partial charge in [0.25, 0.3) is 5.69 Å². The number of nitrogens with one attached hydrogen (secondary N) is 1. The van der Waals surface area contributed by atoms with Gasteiger partial charge in [0, 0.05) is 23.9 Å². The first-order chi connectivity index (χ1) is 7.52. The first kappa shape index (κ1) is 10.9. The van der Waals surface area contributed by atoms with E-state index >= 15 is 0 Å². The van der Waals surface area contributed by atoms with Gasteiger partial charge in [-0.05, 0) is 31.2 Å². The van der Waals surface area contributed by atoms with E-state index in [1.54, 1.807) is 19.1 Å². The van der Waals surface area contributed by atoms with E-state index in [4.69, 9.17) is 0 Å². The molecular weight excluding hydrogens is 204 g/mol. The normalized spacial score (nSPS) is 16.9. The molecule has 16 heavy (non-hydrogen) atoms. The fourth-order valence-corrected chi connectivity index (χ4v) is 1.71. The van der Waals surface area contributed by atoms with Crippen molar-refractivity contribution in [3.05, 3.63) is 33.9 Å². The lowest BCUT2D eigenvalue weighted by Gasteiger charge is -2.13. The van der Waals surface area contributed by atoms with Gasteiger partial charge in [-0.15, -0.1) is 0 Å². The van der Waals surface area contributed by atoms with Crippen LogP contribution in [0.1, 0.15) is 25.3 Å². The Bertz CT molecular complexity index is 425. The Morgan fingerprint density at radius 3 is 2.75 bits per heavy atom. The molecule has 1 aliphatic carbocycles. The Labute approximate surface area is 94.8 Å². The Morgan fingerprint density at radius 2 is 2.19 bits per heavy atom. The number of benzene rings is 1. The van der Waals surface area contributed by atoms with E-state index < -0.39 is 0 Å². The van der Waals surface area contributed by atoms with E-state index in [2.05, 4.69) is 12.2 Å². The van der Waals surface area contributed by atoms with Crippen LogP contribution in [0.2, 0.25) is 0 Å². The summed E-state index contributed by atoms with van der Waals surface area (Å²) in [6, 6.07) is 5.16. The van der Waals surface area contributed by atoms with Crippen LogP contribution in [-0.4, -0.2) is 11.5 Å². The predicted octanol–water partition coefficient (Wildman–Crippen LogP) is 3.12. The molecule has 1 saturated carbocycles. The van der Waals surface area contributed by atoms with Crippen LogP contribution in [0, 0.1) is 22.5 Å². The second-order valence-corrected chi connectivity index (χ2v) is 4.87. The molecule has 1 fully saturated rings. The summed E-state index contributed by atoms with van der Waals surface area (Å²) in [4.78, 5) is 10.4. The lowest BCUT2D eigenvalue weighted by Crippen LogP contribution is -2.12. The van der Waals surface area contributed by atoms with Crippen molar-refractivity contribution in [1.29, 1.82) is 0 Å². The third kappa shape index (κ3) is 2.15. The molecule has 4 nitrogen and oxygen atoms in total. The minimum absolute atomic E-state index is 0.186. The van der Waals surface area contributed by atoms with Gasteiger partial charge in [0.2, 0.25) is 0 Å². The number of nitrogens with zero attached hydrogens (tertiary/aromatic N) is 1. The Morgan fingerprint density at radius 1 is 1.50 bits per heavy atom. The summed E-state index contributed by atoms with van der Waals surface area (Å²) < 4.78 is 0. The molecule has 4 heteroatoms. The number of nitro groups is 1. The molecule has 1 N–H and O–H groups in total. The fourth-order valence-electron chi connectivity index (χ4n) is 1.71. The zero-order valence-electron chi connectivity index (χ0n) is 9.62. The van der Waals surface area contributed by atoms with Crippen LogP contribution in [0.5, 0.6) is 0 Å². The van der Waals surface area contributed by atoms with Crippen LogP contribution in [0.15, 0.2) is 18.2 Å². The molecule has 0 radical (unpaired) electrons. The van der Waals surface area contributed by atoms with Gasteiger partial charge < -0.3 is 5.32 Å². The molecule has 0 aromatic heterocycles. The molecule has 0 bridgehead atoms. The van der Waals surface area contributed by atoms with Gasteiger partial charge in [-0.2, -0.15) is 0 Å². The number of hydrogen-bond acceptors (Lipinski definition) is 3. The molecule has 0 aliphatic heterocycles. The summed E-state index contributed by atoms with van der Waals surface area (Å²) in [6.45, 7) is 4.91. The van der Waals surface area contributed by atoms with Crippen molar-refractivity contribution in [3.63, 3.8) is 0 Å². The van der Waals surface area contributed by atoms with Crippen molar-refractivity contribution >= 4 is 11.4 Å². The molecule has 0 amide bonds. The number of nitro benzene ring substituents is 1. The maximum Gasteiger partial charge on any atom is 0.274 e. The second kappa shape index (κ2) is 3.77. The average molecular weight is 220 g/mol. The zero-order chi connectivity index (χ0) is 11.8. The Hall–Kier alpha value is -1.58. The van der Waals surface area contributed by atoms with Crippen LogP contribution >= 0.6 is 0 Å². The smallest absolute Gasteiger partial charge is 0.274 e. The summed E-state index contributed by atoms with van der Waals surface area (Å²) in [5.74, 6) is 0. The summed E-state index contributed by atoms with van der Waals surface area (Å²) in [5.41, 5.74) is 2.18. The molecule has 0 saturated heterocycles. The van der Waals surface area contributed by atoms with Crippen LogP contribution < -0.4 is 5.32 Å². The molecule has 1 aromatic carbocycles. The van der Waals surface area contributed by atoms with E-state index in [9.17, 15) is 10.1 Å². The van der Waals surface area contributed by atoms with E-state index in [0.29, 0.717) is 5.41 Å². The summed E-state index contributed by atoms with van der Waals surface area (Å²) in [7, 11) is 0. The highest BCUT2D eigenvalue weighted by Crippen LogP contribution is 2.45. The molecule has 1 aliphatic rings. The average Bonchev–Trinajstić information content (AvgIpc) is 2.95. The molecule has 0 unspecified atom stereocenters. The van der Waals surface area contributed by atoms with Gasteiger partial charge in [0.1, 0.15) is 0 Å². The Kier molecular flexibility index (Phi) is 2.58. The maximum atomic E-state index is 10.8. The van der Waals surface area contributed by atoms with Gasteiger partial charge in [-0.1, -0.05) is 13.0 Å². The second-order valence-electron chi connectivity index (χ2n) is 4.87. The molecule has 2 rings (SSSR count). The number of rotatable bonds is 4. The Balaban J connectivity index is 2.14. The van der Waals surface area contributed by atoms with Crippen molar-refractivity contribution < 1.29 is 4.92 Å². The van der Waals surface area contributed by atoms with E-state index in [1.165, 1.54) is 12.8 Å². The van der Waals surface area contributed by atoms with Gasteiger partial charge in [0.15, 0.2) is 0 Å². The number of anilines is 1. The zero-order valence-corrected chi connectivity index (χ0v) is 9.62. The third-order valence-electron chi connectivity index (χ3n) is 3.31. The largest absolute Gasteiger partial charge is 0.384 e. The van der Waals surface area contributed by atoms with Gasteiger partial charge in [-0.25, -0.2) is 0 Å². The molecule has 0 atom stereocenters. The quantitative estimate of drug-likeness (QED) is 0.626. The van der Waals surface area contributed by atoms with Crippen molar-refractivity contribution in [1.82, 2.24) is 0 Å². The van der Waals surface area contributed by atoms with Gasteiger partial charge in [0.05, 0.1) is 4.92 Å². The summed E-state index contributed by atoms with van der Waals surface area (Å²) in [5, 5.41) is 14.1. The lowest BCUT2D eigenvalue weighted by atomic mass is 10.1. The van der Waals surface area contributed by atoms with Crippen LogP contribution in [0.25, 0.3) is 0 Å². The van der Waals surface area contributed by atoms with E-state index in [1.807, 2.05) is 6.07 Å². The van der Waals surface area contributed by atoms with Crippen LogP contribution in [-0.2, 0) is 0 Å². The summed E-state index contributed by atoms with van der Waals surface area (Å²) >= 11 is 0. The standard InChI is InChI=1S/C12H16N2O2/c1-9-10(13-8-12(2)6-7-12)4-3-5-11(9)14(15)16/h3-5,13H,6-8H2,1-2H3. The molecular formula is C12H16N2O2. The molecule has 1 aromatic rings. The van der Waals surface area contributed by atoms with Crippen LogP contribution in [0.3, 0.4) is 0 Å². The SMILES string of the molecule is Cc1c(NCC2(C)CC2)cccc1[N+](=O)[O-]. The van der Waals surface area contributed by atoms with Gasteiger partial charge >= 0.3 is 0 Å². The monoisotopic (exact) mass is 220 g/mol. The fraction of sp³-hybridized carbons (Fsp3) is 0.500. The van der Waals surface area contributed by atoms with Gasteiger partial charge in [-0.3, -0.25) is 10.1 Å². The highest BCUT2D eigenvalue weighted by Gasteiger charge is 2.36. The lowest BCUT2D eigenvalue weighted by molar-refractivity contribution is -0.385. The first-order valence-electron chi connectivity index (χ1n) is 5.50. The minimum Gasteiger partial charge on any atom is -0.384 e. The van der Waals surface area contributed by atoms with Crippen molar-refractivity contribution in [2.75, 3.05) is 11.9 Å². The topological polar surface area (TPSA) is 55.2 Å². The van der Waals surface area contributed by atoms with Crippen molar-refractivity contribution in [2.24, 2.45) is 5.41 Å². The maximum absolute atomic E-state index is 10.8. The van der Waals surface area contributed by atoms with Crippen LogP contribution in [0.4, 0.5) is 11.4 Å². The highest BCUT2D eigenvalue weighted by molar-refractivity contribution is 5.59. The van der Waals surface area contributed by atoms with Crippen molar-refractivity contribution in [2.45, 2.75) is 26.7 Å². The third-order valence-corrected chi connectivity index (χ3v) is 3.31. The van der Waals surface area contributed by atoms with E-state index in [0.717, 1.165) is 17.8 Å². The molecule has 86 valence electrons. The molecule has 0 spiro atoms. The molecule has 0 heterocycles. The van der Waals surface area contributed by atoms with E-state index in [-0.39, 0.29) is 10.6 Å². The van der Waals surface area contributed by atoms with Crippen molar-refractivity contribution in [3.8, 4) is 0 Å². The first-order valence-corrected chi connectivity index (χ1v) is 5.50. The minimum atomic E-state index is -0.334.